The lowest BCUT2D eigenvalue weighted by atomic mass is 10.0. The molecule has 0 radical (unpaired) electrons. The molecule has 0 saturated carbocycles. The fraction of sp³-hybridized carbons (Fsp3) is 0.417. The summed E-state index contributed by atoms with van der Waals surface area (Å²) in [6.07, 6.45) is 0.445. The number of carbonyl (C=O) groups excluding carboxylic acids is 1. The van der Waals surface area contributed by atoms with E-state index in [9.17, 15) is 4.79 Å². The molecule has 1 aromatic carbocycles. The van der Waals surface area contributed by atoms with Crippen LogP contribution in [0.15, 0.2) is 18.2 Å². The van der Waals surface area contributed by atoms with Crippen LogP contribution in [-0.4, -0.2) is 11.8 Å². The molecule has 1 aromatic rings. The SMILES string of the molecule is Cc1cc(C)cc(CC(=O)C(C)N)c1. The minimum Gasteiger partial charge on any atom is -0.322 e. The van der Waals surface area contributed by atoms with Crippen molar-refractivity contribution in [1.29, 1.82) is 0 Å². The predicted molar refractivity (Wildman–Crippen MR) is 58.3 cm³/mol. The molecule has 0 aromatic heterocycles. The molecule has 0 heterocycles. The van der Waals surface area contributed by atoms with Crippen molar-refractivity contribution in [3.8, 4) is 0 Å². The highest BCUT2D eigenvalue weighted by molar-refractivity contribution is 5.85. The Labute approximate surface area is 85.1 Å². The molecule has 0 fully saturated rings. The van der Waals surface area contributed by atoms with Gasteiger partial charge in [-0.3, -0.25) is 4.79 Å². The molecular formula is C12H17NO. The molecule has 0 aliphatic heterocycles. The van der Waals surface area contributed by atoms with Crippen molar-refractivity contribution >= 4 is 5.78 Å². The molecule has 0 spiro atoms. The summed E-state index contributed by atoms with van der Waals surface area (Å²) in [7, 11) is 0. The number of hydrogen-bond acceptors (Lipinski definition) is 2. The molecule has 0 amide bonds. The second kappa shape index (κ2) is 4.38. The third-order valence-corrected chi connectivity index (χ3v) is 2.17. The van der Waals surface area contributed by atoms with E-state index in [0.717, 1.165) is 5.56 Å². The molecule has 76 valence electrons. The maximum Gasteiger partial charge on any atom is 0.153 e. The maximum absolute atomic E-state index is 11.4. The van der Waals surface area contributed by atoms with Gasteiger partial charge in [-0.05, 0) is 26.3 Å². The van der Waals surface area contributed by atoms with Gasteiger partial charge in [0.15, 0.2) is 5.78 Å². The average Bonchev–Trinajstić information content (AvgIpc) is 2.01. The van der Waals surface area contributed by atoms with Crippen LogP contribution in [0.2, 0.25) is 0 Å². The second-order valence-electron chi connectivity index (χ2n) is 3.93. The van der Waals surface area contributed by atoms with E-state index in [0.29, 0.717) is 6.42 Å². The summed E-state index contributed by atoms with van der Waals surface area (Å²) in [6, 6.07) is 5.80. The van der Waals surface area contributed by atoms with Crippen molar-refractivity contribution in [3.63, 3.8) is 0 Å². The molecule has 2 nitrogen and oxygen atoms in total. The standard InChI is InChI=1S/C12H17NO/c1-8-4-9(2)6-11(5-8)7-12(14)10(3)13/h4-6,10H,7,13H2,1-3H3. The molecule has 0 aliphatic carbocycles. The van der Waals surface area contributed by atoms with Gasteiger partial charge < -0.3 is 5.73 Å². The number of rotatable bonds is 3. The van der Waals surface area contributed by atoms with E-state index in [4.69, 9.17) is 5.73 Å². The van der Waals surface area contributed by atoms with Gasteiger partial charge in [-0.2, -0.15) is 0 Å². The van der Waals surface area contributed by atoms with Gasteiger partial charge in [0.1, 0.15) is 0 Å². The highest BCUT2D eigenvalue weighted by Gasteiger charge is 2.08. The molecular weight excluding hydrogens is 174 g/mol. The second-order valence-corrected chi connectivity index (χ2v) is 3.93. The van der Waals surface area contributed by atoms with Crippen molar-refractivity contribution in [2.24, 2.45) is 5.73 Å². The van der Waals surface area contributed by atoms with E-state index in [1.54, 1.807) is 6.92 Å². The summed E-state index contributed by atoms with van der Waals surface area (Å²) in [4.78, 5) is 11.4. The van der Waals surface area contributed by atoms with Crippen LogP contribution in [-0.2, 0) is 11.2 Å². The lowest BCUT2D eigenvalue weighted by molar-refractivity contribution is -0.119. The van der Waals surface area contributed by atoms with Gasteiger partial charge in [0, 0.05) is 6.42 Å². The first-order chi connectivity index (χ1) is 6.49. The summed E-state index contributed by atoms with van der Waals surface area (Å²) in [6.45, 7) is 5.80. The van der Waals surface area contributed by atoms with Crippen LogP contribution >= 0.6 is 0 Å². The number of Topliss-reactive ketones (excluding diaryl/α,β-unsaturated/α-hetero) is 1. The Hall–Kier alpha value is -1.15. The molecule has 2 heteroatoms. The number of benzene rings is 1. The first-order valence-corrected chi connectivity index (χ1v) is 4.84. The van der Waals surface area contributed by atoms with Crippen LogP contribution in [0.5, 0.6) is 0 Å². The molecule has 0 saturated heterocycles. The van der Waals surface area contributed by atoms with Gasteiger partial charge in [-0.25, -0.2) is 0 Å². The van der Waals surface area contributed by atoms with Gasteiger partial charge >= 0.3 is 0 Å². The van der Waals surface area contributed by atoms with E-state index in [2.05, 4.69) is 6.07 Å². The summed E-state index contributed by atoms with van der Waals surface area (Å²) >= 11 is 0. The van der Waals surface area contributed by atoms with Gasteiger partial charge in [-0.1, -0.05) is 29.3 Å². The molecule has 0 bridgehead atoms. The van der Waals surface area contributed by atoms with E-state index >= 15 is 0 Å². The van der Waals surface area contributed by atoms with E-state index < -0.39 is 0 Å². The zero-order valence-electron chi connectivity index (χ0n) is 9.00. The Bertz CT molecular complexity index is 322. The van der Waals surface area contributed by atoms with Crippen molar-refractivity contribution in [2.75, 3.05) is 0 Å². The highest BCUT2D eigenvalue weighted by Crippen LogP contribution is 2.10. The quantitative estimate of drug-likeness (QED) is 0.791. The Morgan fingerprint density at radius 2 is 1.79 bits per heavy atom. The van der Waals surface area contributed by atoms with Crippen LogP contribution in [0.3, 0.4) is 0 Å². The number of nitrogens with two attached hydrogens (primary N) is 1. The first-order valence-electron chi connectivity index (χ1n) is 4.84. The first kappa shape index (κ1) is 10.9. The Balaban J connectivity index is 2.82. The minimum absolute atomic E-state index is 0.0926. The maximum atomic E-state index is 11.4. The largest absolute Gasteiger partial charge is 0.322 e. The molecule has 1 unspecified atom stereocenters. The van der Waals surface area contributed by atoms with E-state index in [1.165, 1.54) is 11.1 Å². The Kier molecular flexibility index (Phi) is 3.42. The van der Waals surface area contributed by atoms with Gasteiger partial charge in [0.2, 0.25) is 0 Å². The average molecular weight is 191 g/mol. The van der Waals surface area contributed by atoms with Crippen molar-refractivity contribution in [1.82, 2.24) is 0 Å². The lowest BCUT2D eigenvalue weighted by Crippen LogP contribution is -2.28. The van der Waals surface area contributed by atoms with E-state index in [-0.39, 0.29) is 11.8 Å². The van der Waals surface area contributed by atoms with Crippen molar-refractivity contribution in [2.45, 2.75) is 33.2 Å². The topological polar surface area (TPSA) is 43.1 Å². The van der Waals surface area contributed by atoms with Crippen molar-refractivity contribution in [3.05, 3.63) is 34.9 Å². The van der Waals surface area contributed by atoms with Crippen LogP contribution in [0.25, 0.3) is 0 Å². The molecule has 1 rings (SSSR count). The predicted octanol–water partition coefficient (Wildman–Crippen LogP) is 1.76. The monoisotopic (exact) mass is 191 g/mol. The summed E-state index contributed by atoms with van der Waals surface area (Å²) < 4.78 is 0. The number of ketones is 1. The number of aryl methyl sites for hydroxylation is 2. The normalized spacial score (nSPS) is 12.6. The minimum atomic E-state index is -0.365. The molecule has 2 N–H and O–H groups in total. The fourth-order valence-electron chi connectivity index (χ4n) is 1.53. The summed E-state index contributed by atoms with van der Waals surface area (Å²) in [5, 5.41) is 0. The zero-order chi connectivity index (χ0) is 10.7. The summed E-state index contributed by atoms with van der Waals surface area (Å²) in [5.74, 6) is 0.0926. The highest BCUT2D eigenvalue weighted by atomic mass is 16.1. The Morgan fingerprint density at radius 1 is 1.29 bits per heavy atom. The van der Waals surface area contributed by atoms with Crippen LogP contribution in [0.4, 0.5) is 0 Å². The smallest absolute Gasteiger partial charge is 0.153 e. The van der Waals surface area contributed by atoms with E-state index in [1.807, 2.05) is 26.0 Å². The number of carbonyl (C=O) groups is 1. The van der Waals surface area contributed by atoms with Crippen LogP contribution in [0, 0.1) is 13.8 Å². The molecule has 14 heavy (non-hydrogen) atoms. The number of hydrogen-bond donors (Lipinski definition) is 1. The molecule has 1 atom stereocenters. The van der Waals surface area contributed by atoms with Crippen LogP contribution in [0.1, 0.15) is 23.6 Å². The fourth-order valence-corrected chi connectivity index (χ4v) is 1.53. The van der Waals surface area contributed by atoms with Crippen molar-refractivity contribution < 1.29 is 4.79 Å². The van der Waals surface area contributed by atoms with Gasteiger partial charge in [0.25, 0.3) is 0 Å². The Morgan fingerprint density at radius 3 is 2.21 bits per heavy atom. The zero-order valence-corrected chi connectivity index (χ0v) is 9.00. The molecule has 0 aliphatic rings. The van der Waals surface area contributed by atoms with Gasteiger partial charge in [-0.15, -0.1) is 0 Å². The lowest BCUT2D eigenvalue weighted by Gasteiger charge is -2.06. The summed E-state index contributed by atoms with van der Waals surface area (Å²) in [5.41, 5.74) is 8.95. The van der Waals surface area contributed by atoms with Crippen LogP contribution < -0.4 is 5.73 Å². The third-order valence-electron chi connectivity index (χ3n) is 2.17. The van der Waals surface area contributed by atoms with Gasteiger partial charge in [0.05, 0.1) is 6.04 Å². The third kappa shape index (κ3) is 2.96.